The van der Waals surface area contributed by atoms with Gasteiger partial charge in [-0.2, -0.15) is 0 Å². The lowest BCUT2D eigenvalue weighted by Gasteiger charge is -2.22. The van der Waals surface area contributed by atoms with Gasteiger partial charge in [0.05, 0.1) is 6.42 Å². The number of nitrogens with zero attached hydrogens (tertiary/aromatic N) is 3. The molecule has 0 spiro atoms. The van der Waals surface area contributed by atoms with E-state index in [1.165, 1.54) is 12.1 Å². The van der Waals surface area contributed by atoms with Crippen molar-refractivity contribution in [1.29, 1.82) is 0 Å². The van der Waals surface area contributed by atoms with Gasteiger partial charge in [-0.25, -0.2) is 8.78 Å². The fourth-order valence-corrected chi connectivity index (χ4v) is 4.05. The number of halogens is 2. The fourth-order valence-electron chi connectivity index (χ4n) is 4.05. The molecule has 0 aliphatic carbocycles. The van der Waals surface area contributed by atoms with Gasteiger partial charge in [-0.05, 0) is 31.7 Å². The summed E-state index contributed by atoms with van der Waals surface area (Å²) in [6, 6.07) is 3.88. The van der Waals surface area contributed by atoms with E-state index < -0.39 is 11.6 Å². The maximum Gasteiger partial charge on any atom is 0.224 e. The van der Waals surface area contributed by atoms with Crippen LogP contribution in [0, 0.1) is 11.6 Å². The van der Waals surface area contributed by atoms with E-state index in [0.29, 0.717) is 5.92 Å². The summed E-state index contributed by atoms with van der Waals surface area (Å²) in [6.07, 6.45) is 3.99. The van der Waals surface area contributed by atoms with Crippen LogP contribution in [0.1, 0.15) is 48.8 Å². The van der Waals surface area contributed by atoms with Crippen molar-refractivity contribution in [3.05, 3.63) is 47.0 Å². The molecule has 1 atom stereocenters. The first-order chi connectivity index (χ1) is 13.6. The molecule has 0 bridgehead atoms. The van der Waals surface area contributed by atoms with Crippen molar-refractivity contribution < 1.29 is 18.3 Å². The highest BCUT2D eigenvalue weighted by Gasteiger charge is 2.26. The van der Waals surface area contributed by atoms with Gasteiger partial charge >= 0.3 is 0 Å². The Hall–Kier alpha value is -2.35. The molecule has 1 saturated heterocycles. The number of fused-ring (bicyclic) bond motifs is 1. The van der Waals surface area contributed by atoms with Gasteiger partial charge in [0, 0.05) is 43.7 Å². The third kappa shape index (κ3) is 4.06. The molecule has 2 aromatic rings. The molecule has 6 nitrogen and oxygen atoms in total. The van der Waals surface area contributed by atoms with Crippen LogP contribution in [0.5, 0.6) is 0 Å². The average Bonchev–Trinajstić information content (AvgIpc) is 3.01. The summed E-state index contributed by atoms with van der Waals surface area (Å²) in [7, 11) is 0. The van der Waals surface area contributed by atoms with Crippen LogP contribution in [-0.2, 0) is 28.9 Å². The number of ether oxygens (including phenoxy) is 1. The van der Waals surface area contributed by atoms with Gasteiger partial charge in [0.15, 0.2) is 11.6 Å². The number of hydrogen-bond acceptors (Lipinski definition) is 4. The van der Waals surface area contributed by atoms with E-state index in [1.807, 2.05) is 0 Å². The molecule has 1 amide bonds. The Morgan fingerprint density at radius 1 is 1.18 bits per heavy atom. The van der Waals surface area contributed by atoms with Crippen LogP contribution < -0.4 is 5.32 Å². The summed E-state index contributed by atoms with van der Waals surface area (Å²) in [4.78, 5) is 12.3. The van der Waals surface area contributed by atoms with Crippen molar-refractivity contribution in [3.63, 3.8) is 0 Å². The van der Waals surface area contributed by atoms with Gasteiger partial charge < -0.3 is 14.6 Å². The highest BCUT2D eigenvalue weighted by Crippen LogP contribution is 2.28. The minimum Gasteiger partial charge on any atom is -0.381 e. The quantitative estimate of drug-likeness (QED) is 0.871. The molecule has 1 aromatic carbocycles. The molecule has 0 radical (unpaired) electrons. The Morgan fingerprint density at radius 3 is 2.82 bits per heavy atom. The summed E-state index contributed by atoms with van der Waals surface area (Å²) in [5.74, 6) is 0.166. The van der Waals surface area contributed by atoms with E-state index >= 15 is 0 Å². The molecular weight excluding hydrogens is 366 g/mol. The molecule has 28 heavy (non-hydrogen) atoms. The number of carbonyl (C=O) groups excluding carboxylic acids is 1. The zero-order valence-electron chi connectivity index (χ0n) is 15.7. The Bertz CT molecular complexity index is 849. The van der Waals surface area contributed by atoms with E-state index in [0.717, 1.165) is 69.6 Å². The molecule has 1 unspecified atom stereocenters. The first kappa shape index (κ1) is 19.0. The Morgan fingerprint density at radius 2 is 2.00 bits per heavy atom. The highest BCUT2D eigenvalue weighted by atomic mass is 19.2. The molecule has 0 saturated carbocycles. The number of aryl methyl sites for hydroxylation is 1. The highest BCUT2D eigenvalue weighted by molar-refractivity contribution is 5.78. The predicted octanol–water partition coefficient (Wildman–Crippen LogP) is 2.51. The number of amides is 1. The van der Waals surface area contributed by atoms with Crippen LogP contribution in [0.25, 0.3) is 0 Å². The van der Waals surface area contributed by atoms with E-state index in [2.05, 4.69) is 20.1 Å². The van der Waals surface area contributed by atoms with Crippen molar-refractivity contribution in [2.45, 2.75) is 57.0 Å². The number of rotatable bonds is 4. The number of hydrogen-bond donors (Lipinski definition) is 1. The molecule has 3 heterocycles. The maximum atomic E-state index is 13.8. The van der Waals surface area contributed by atoms with Gasteiger partial charge in [0.2, 0.25) is 5.91 Å². The third-order valence-corrected chi connectivity index (χ3v) is 5.61. The van der Waals surface area contributed by atoms with Crippen LogP contribution in [0.4, 0.5) is 8.78 Å². The summed E-state index contributed by atoms with van der Waals surface area (Å²) in [6.45, 7) is 2.25. The summed E-state index contributed by atoms with van der Waals surface area (Å²) in [5, 5.41) is 11.7. The number of carbonyl (C=O) groups is 1. The lowest BCUT2D eigenvalue weighted by atomic mass is 9.99. The molecule has 1 N–H and O–H groups in total. The van der Waals surface area contributed by atoms with E-state index in [9.17, 15) is 13.6 Å². The van der Waals surface area contributed by atoms with Crippen LogP contribution in [-0.4, -0.2) is 39.9 Å². The lowest BCUT2D eigenvalue weighted by molar-refractivity contribution is -0.121. The van der Waals surface area contributed by atoms with E-state index in [-0.39, 0.29) is 23.9 Å². The normalized spacial score (nSPS) is 20.4. The zero-order valence-corrected chi connectivity index (χ0v) is 15.7. The Kier molecular flexibility index (Phi) is 5.66. The third-order valence-electron chi connectivity index (χ3n) is 5.61. The minimum atomic E-state index is -0.953. The van der Waals surface area contributed by atoms with Gasteiger partial charge in [0.1, 0.15) is 11.6 Å². The summed E-state index contributed by atoms with van der Waals surface area (Å²) < 4.78 is 34.7. The molecule has 2 aliphatic heterocycles. The molecule has 8 heteroatoms. The average molecular weight is 390 g/mol. The van der Waals surface area contributed by atoms with Crippen LogP contribution in [0.2, 0.25) is 0 Å². The fraction of sp³-hybridized carbons (Fsp3) is 0.550. The number of nitrogens with one attached hydrogen (secondary N) is 1. The van der Waals surface area contributed by atoms with Crippen LogP contribution in [0.3, 0.4) is 0 Å². The van der Waals surface area contributed by atoms with Crippen molar-refractivity contribution in [2.24, 2.45) is 0 Å². The zero-order chi connectivity index (χ0) is 19.5. The molecule has 1 fully saturated rings. The minimum absolute atomic E-state index is 0.0200. The summed E-state index contributed by atoms with van der Waals surface area (Å²) in [5.41, 5.74) is 0.0741. The SMILES string of the molecule is O=C(Cc1cccc(F)c1F)NC1CCc2nnc(C3CCOCC3)n2CC1. The van der Waals surface area contributed by atoms with E-state index in [1.54, 1.807) is 0 Å². The smallest absolute Gasteiger partial charge is 0.224 e. The first-order valence-electron chi connectivity index (χ1n) is 9.84. The molecule has 4 rings (SSSR count). The van der Waals surface area contributed by atoms with Crippen molar-refractivity contribution in [1.82, 2.24) is 20.1 Å². The monoisotopic (exact) mass is 390 g/mol. The standard InChI is InChI=1S/C20H24F2N4O2/c21-16-3-1-2-14(19(16)22)12-18(27)23-15-4-5-17-24-25-20(26(17)9-6-15)13-7-10-28-11-8-13/h1-3,13,15H,4-12H2,(H,23,27). The number of benzene rings is 1. The lowest BCUT2D eigenvalue weighted by Crippen LogP contribution is -2.36. The predicted molar refractivity (Wildman–Crippen MR) is 97.7 cm³/mol. The van der Waals surface area contributed by atoms with Crippen molar-refractivity contribution in [2.75, 3.05) is 13.2 Å². The summed E-state index contributed by atoms with van der Waals surface area (Å²) >= 11 is 0. The van der Waals surface area contributed by atoms with Crippen LogP contribution in [0.15, 0.2) is 18.2 Å². The topological polar surface area (TPSA) is 69.0 Å². The second kappa shape index (κ2) is 8.34. The second-order valence-corrected chi connectivity index (χ2v) is 7.49. The molecular formula is C20H24F2N4O2. The second-order valence-electron chi connectivity index (χ2n) is 7.49. The Balaban J connectivity index is 1.37. The van der Waals surface area contributed by atoms with Crippen molar-refractivity contribution in [3.8, 4) is 0 Å². The molecule has 2 aliphatic rings. The molecule has 1 aromatic heterocycles. The van der Waals surface area contributed by atoms with Crippen molar-refractivity contribution >= 4 is 5.91 Å². The largest absolute Gasteiger partial charge is 0.381 e. The van der Waals surface area contributed by atoms with Crippen LogP contribution >= 0.6 is 0 Å². The molecule has 150 valence electrons. The van der Waals surface area contributed by atoms with Gasteiger partial charge in [-0.1, -0.05) is 12.1 Å². The van der Waals surface area contributed by atoms with E-state index in [4.69, 9.17) is 4.74 Å². The van der Waals surface area contributed by atoms with Gasteiger partial charge in [0.25, 0.3) is 0 Å². The first-order valence-corrected chi connectivity index (χ1v) is 9.84. The van der Waals surface area contributed by atoms with Gasteiger partial charge in [-0.3, -0.25) is 4.79 Å². The maximum absolute atomic E-state index is 13.8. The van der Waals surface area contributed by atoms with Gasteiger partial charge in [-0.15, -0.1) is 10.2 Å². The number of aromatic nitrogens is 3. The Labute approximate surface area is 162 Å².